The highest BCUT2D eigenvalue weighted by Crippen LogP contribution is 2.24. The van der Waals surface area contributed by atoms with Crippen molar-refractivity contribution in [3.05, 3.63) is 46.7 Å². The Morgan fingerprint density at radius 3 is 2.81 bits per heavy atom. The lowest BCUT2D eigenvalue weighted by Crippen LogP contribution is -2.05. The van der Waals surface area contributed by atoms with E-state index in [1.54, 1.807) is 30.5 Å². The molecule has 2 rings (SSSR count). The van der Waals surface area contributed by atoms with E-state index in [1.807, 2.05) is 0 Å². The van der Waals surface area contributed by atoms with Gasteiger partial charge in [-0.05, 0) is 37.3 Å². The zero-order valence-corrected chi connectivity index (χ0v) is 12.0. The van der Waals surface area contributed by atoms with Gasteiger partial charge in [0.05, 0.1) is 12.3 Å². The molecule has 0 aliphatic heterocycles. The van der Waals surface area contributed by atoms with Gasteiger partial charge in [-0.3, -0.25) is 0 Å². The lowest BCUT2D eigenvalue weighted by molar-refractivity contribution is -0.137. The first kappa shape index (κ1) is 14.9. The molecule has 106 valence electrons. The zero-order valence-electron chi connectivity index (χ0n) is 11.2. The molecule has 0 amide bonds. The molecule has 6 heteroatoms. The molecule has 4 nitrogen and oxygen atoms in total. The standard InChI is InChI=1S/C15H11FN2O2S/c1-2-20-15(19)11(8-17)7-13-9-21-14(18-13)10-3-5-12(16)6-4-10/h3-7,9H,2H2,1H3/b11-7-. The fraction of sp³-hybridized carbons (Fsp3) is 0.133. The van der Waals surface area contributed by atoms with E-state index in [1.165, 1.54) is 29.5 Å². The highest BCUT2D eigenvalue weighted by molar-refractivity contribution is 7.13. The number of esters is 1. The molecular formula is C15H11FN2O2S. The Morgan fingerprint density at radius 1 is 1.48 bits per heavy atom. The SMILES string of the molecule is CCOC(=O)/C(C#N)=C\c1csc(-c2ccc(F)cc2)n1. The van der Waals surface area contributed by atoms with Gasteiger partial charge >= 0.3 is 5.97 Å². The quantitative estimate of drug-likeness (QED) is 0.493. The lowest BCUT2D eigenvalue weighted by atomic mass is 10.2. The van der Waals surface area contributed by atoms with Crippen LogP contribution in [0.5, 0.6) is 0 Å². The number of carbonyl (C=O) groups excluding carboxylic acids is 1. The maximum atomic E-state index is 12.9. The van der Waals surface area contributed by atoms with Crippen LogP contribution >= 0.6 is 11.3 Å². The summed E-state index contributed by atoms with van der Waals surface area (Å²) in [7, 11) is 0. The first-order valence-electron chi connectivity index (χ1n) is 6.14. The molecule has 0 spiro atoms. The molecule has 1 aromatic carbocycles. The van der Waals surface area contributed by atoms with Crippen LogP contribution in [0.25, 0.3) is 16.6 Å². The Hall–Kier alpha value is -2.52. The van der Waals surface area contributed by atoms with Crippen LogP contribution in [0.15, 0.2) is 35.2 Å². The maximum absolute atomic E-state index is 12.9. The summed E-state index contributed by atoms with van der Waals surface area (Å²) in [6.07, 6.45) is 1.38. The molecule has 21 heavy (non-hydrogen) atoms. The highest BCUT2D eigenvalue weighted by Gasteiger charge is 2.11. The third-order valence-corrected chi connectivity index (χ3v) is 3.43. The van der Waals surface area contributed by atoms with Crippen LogP contribution in [0.4, 0.5) is 4.39 Å². The summed E-state index contributed by atoms with van der Waals surface area (Å²) in [6, 6.07) is 7.75. The second kappa shape index (κ2) is 6.77. The van der Waals surface area contributed by atoms with Crippen LogP contribution < -0.4 is 0 Å². The van der Waals surface area contributed by atoms with Gasteiger partial charge in [-0.2, -0.15) is 5.26 Å². The largest absolute Gasteiger partial charge is 0.462 e. The summed E-state index contributed by atoms with van der Waals surface area (Å²) in [4.78, 5) is 15.8. The molecule has 0 N–H and O–H groups in total. The molecule has 0 aliphatic carbocycles. The highest BCUT2D eigenvalue weighted by atomic mass is 32.1. The lowest BCUT2D eigenvalue weighted by Gasteiger charge is -1.98. The summed E-state index contributed by atoms with van der Waals surface area (Å²) in [6.45, 7) is 1.87. The van der Waals surface area contributed by atoms with Gasteiger partial charge < -0.3 is 4.74 Å². The van der Waals surface area contributed by atoms with Crippen LogP contribution in [0, 0.1) is 17.1 Å². The van der Waals surface area contributed by atoms with Crippen molar-refractivity contribution in [3.8, 4) is 16.6 Å². The van der Waals surface area contributed by atoms with Crippen molar-refractivity contribution in [1.82, 2.24) is 4.98 Å². The molecule has 0 unspecified atom stereocenters. The second-order valence-corrected chi connectivity index (χ2v) is 4.83. The Bertz CT molecular complexity index is 714. The molecule has 0 bridgehead atoms. The zero-order chi connectivity index (χ0) is 15.2. The van der Waals surface area contributed by atoms with E-state index in [-0.39, 0.29) is 18.0 Å². The second-order valence-electron chi connectivity index (χ2n) is 3.97. The number of nitriles is 1. The van der Waals surface area contributed by atoms with Gasteiger partial charge in [-0.25, -0.2) is 14.2 Å². The molecule has 0 aliphatic rings. The van der Waals surface area contributed by atoms with Crippen LogP contribution in [-0.2, 0) is 9.53 Å². The third-order valence-electron chi connectivity index (χ3n) is 2.52. The van der Waals surface area contributed by atoms with E-state index in [0.717, 1.165) is 5.56 Å². The first-order chi connectivity index (χ1) is 10.1. The fourth-order valence-electron chi connectivity index (χ4n) is 1.57. The van der Waals surface area contributed by atoms with Gasteiger partial charge in [0.25, 0.3) is 0 Å². The molecule has 1 heterocycles. The predicted molar refractivity (Wildman–Crippen MR) is 77.7 cm³/mol. The van der Waals surface area contributed by atoms with Crippen molar-refractivity contribution < 1.29 is 13.9 Å². The van der Waals surface area contributed by atoms with Crippen molar-refractivity contribution in [2.75, 3.05) is 6.61 Å². The summed E-state index contributed by atoms with van der Waals surface area (Å²) in [5, 5.41) is 11.4. The number of ether oxygens (including phenoxy) is 1. The molecule has 0 saturated carbocycles. The van der Waals surface area contributed by atoms with E-state index >= 15 is 0 Å². The number of hydrogen-bond donors (Lipinski definition) is 0. The predicted octanol–water partition coefficient (Wildman–Crippen LogP) is 3.42. The van der Waals surface area contributed by atoms with Crippen LogP contribution in [0.1, 0.15) is 12.6 Å². The minimum absolute atomic E-state index is 0.104. The number of carbonyl (C=O) groups is 1. The molecular weight excluding hydrogens is 291 g/mol. The maximum Gasteiger partial charge on any atom is 0.348 e. The van der Waals surface area contributed by atoms with Gasteiger partial charge in [0.2, 0.25) is 0 Å². The summed E-state index contributed by atoms with van der Waals surface area (Å²) < 4.78 is 17.6. The van der Waals surface area contributed by atoms with Crippen LogP contribution in [-0.4, -0.2) is 17.6 Å². The summed E-state index contributed by atoms with van der Waals surface area (Å²) in [5.74, 6) is -0.985. The number of rotatable bonds is 4. The molecule has 0 radical (unpaired) electrons. The average molecular weight is 302 g/mol. The number of benzene rings is 1. The van der Waals surface area contributed by atoms with E-state index in [0.29, 0.717) is 10.7 Å². The van der Waals surface area contributed by atoms with Gasteiger partial charge in [0, 0.05) is 10.9 Å². The van der Waals surface area contributed by atoms with Gasteiger partial charge in [0.1, 0.15) is 22.5 Å². The third kappa shape index (κ3) is 3.74. The van der Waals surface area contributed by atoms with E-state index in [4.69, 9.17) is 10.00 Å². The van der Waals surface area contributed by atoms with Crippen molar-refractivity contribution >= 4 is 23.4 Å². The topological polar surface area (TPSA) is 63.0 Å². The minimum Gasteiger partial charge on any atom is -0.462 e. The Morgan fingerprint density at radius 2 is 2.19 bits per heavy atom. The van der Waals surface area contributed by atoms with Crippen molar-refractivity contribution in [2.24, 2.45) is 0 Å². The molecule has 0 fully saturated rings. The van der Waals surface area contributed by atoms with E-state index < -0.39 is 5.97 Å². The Balaban J connectivity index is 2.25. The van der Waals surface area contributed by atoms with Crippen molar-refractivity contribution in [1.29, 1.82) is 5.26 Å². The van der Waals surface area contributed by atoms with E-state index in [9.17, 15) is 9.18 Å². The number of aromatic nitrogens is 1. The molecule has 0 atom stereocenters. The normalized spacial score (nSPS) is 11.0. The van der Waals surface area contributed by atoms with Gasteiger partial charge in [-0.15, -0.1) is 11.3 Å². The van der Waals surface area contributed by atoms with E-state index in [2.05, 4.69) is 4.98 Å². The Kier molecular flexibility index (Phi) is 4.80. The fourth-order valence-corrected chi connectivity index (χ4v) is 2.35. The Labute approximate surface area is 125 Å². The number of thiazole rings is 1. The van der Waals surface area contributed by atoms with Crippen LogP contribution in [0.2, 0.25) is 0 Å². The van der Waals surface area contributed by atoms with Crippen molar-refractivity contribution in [3.63, 3.8) is 0 Å². The summed E-state index contributed by atoms with van der Waals surface area (Å²) in [5.41, 5.74) is 1.16. The molecule has 2 aromatic rings. The number of nitrogens with zero attached hydrogens (tertiary/aromatic N) is 2. The number of hydrogen-bond acceptors (Lipinski definition) is 5. The monoisotopic (exact) mass is 302 g/mol. The summed E-state index contributed by atoms with van der Waals surface area (Å²) >= 11 is 1.35. The number of halogens is 1. The average Bonchev–Trinajstić information content (AvgIpc) is 2.94. The first-order valence-corrected chi connectivity index (χ1v) is 7.02. The van der Waals surface area contributed by atoms with Gasteiger partial charge in [-0.1, -0.05) is 0 Å². The van der Waals surface area contributed by atoms with Crippen molar-refractivity contribution in [2.45, 2.75) is 6.92 Å². The van der Waals surface area contributed by atoms with Gasteiger partial charge in [0.15, 0.2) is 0 Å². The van der Waals surface area contributed by atoms with Crippen LogP contribution in [0.3, 0.4) is 0 Å². The smallest absolute Gasteiger partial charge is 0.348 e. The molecule has 0 saturated heterocycles. The molecule has 1 aromatic heterocycles. The minimum atomic E-state index is -0.670.